The zero-order valence-electron chi connectivity index (χ0n) is 16.4. The number of hydrogen-bond donors (Lipinski definition) is 0. The average molecular weight is 378 g/mol. The van der Waals surface area contributed by atoms with Gasteiger partial charge in [0.05, 0.1) is 44.6 Å². The zero-order chi connectivity index (χ0) is 19.3. The molecule has 1 atom stereocenters. The topological polar surface area (TPSA) is 45.5 Å². The molecule has 0 spiro atoms. The molecule has 28 heavy (non-hydrogen) atoms. The van der Waals surface area contributed by atoms with Gasteiger partial charge in [0.2, 0.25) is 0 Å². The summed E-state index contributed by atoms with van der Waals surface area (Å²) in [7, 11) is 3.31. The molecule has 2 heterocycles. The van der Waals surface area contributed by atoms with E-state index in [1.807, 2.05) is 36.7 Å². The van der Waals surface area contributed by atoms with Gasteiger partial charge in [-0.2, -0.15) is 0 Å². The lowest BCUT2D eigenvalue weighted by atomic mass is 10.0. The van der Waals surface area contributed by atoms with Crippen molar-refractivity contribution in [2.24, 2.45) is 0 Å². The van der Waals surface area contributed by atoms with Gasteiger partial charge in [-0.15, -0.1) is 0 Å². The smallest absolute Gasteiger partial charge is 0.161 e. The number of nitrogens with zero attached hydrogens (tertiary/aromatic N) is 2. The second-order valence-electron chi connectivity index (χ2n) is 7.02. The third kappa shape index (κ3) is 3.76. The van der Waals surface area contributed by atoms with Crippen LogP contribution >= 0.6 is 0 Å². The maximum Gasteiger partial charge on any atom is 0.161 e. The lowest BCUT2D eigenvalue weighted by molar-refractivity contribution is 0.00623. The Bertz CT molecular complexity index is 915. The minimum Gasteiger partial charge on any atom is -0.493 e. The summed E-state index contributed by atoms with van der Waals surface area (Å²) < 4.78 is 19.1. The molecule has 0 N–H and O–H groups in total. The number of methoxy groups -OCH3 is 2. The Morgan fingerprint density at radius 2 is 1.82 bits per heavy atom. The summed E-state index contributed by atoms with van der Waals surface area (Å²) >= 11 is 0. The van der Waals surface area contributed by atoms with Crippen molar-refractivity contribution >= 4 is 0 Å². The van der Waals surface area contributed by atoms with Gasteiger partial charge < -0.3 is 18.8 Å². The molecular formula is C23H26N2O3. The average Bonchev–Trinajstić information content (AvgIpc) is 3.18. The van der Waals surface area contributed by atoms with Gasteiger partial charge in [0.15, 0.2) is 11.5 Å². The van der Waals surface area contributed by atoms with Crippen molar-refractivity contribution in [3.05, 3.63) is 54.9 Å². The lowest BCUT2D eigenvalue weighted by Crippen LogP contribution is -2.24. The van der Waals surface area contributed by atoms with E-state index in [1.165, 1.54) is 6.42 Å². The van der Waals surface area contributed by atoms with Crippen LogP contribution in [-0.4, -0.2) is 36.5 Å². The van der Waals surface area contributed by atoms with Gasteiger partial charge in [0.25, 0.3) is 0 Å². The summed E-state index contributed by atoms with van der Waals surface area (Å²) in [6.07, 6.45) is 5.61. The Hall–Kier alpha value is -2.79. The Labute approximate surface area is 165 Å². The summed E-state index contributed by atoms with van der Waals surface area (Å²) in [5.74, 6) is 1.43. The van der Waals surface area contributed by atoms with Crippen LogP contribution in [0.1, 0.15) is 19.3 Å². The van der Waals surface area contributed by atoms with E-state index in [1.54, 1.807) is 14.2 Å². The standard InChI is InChI=1S/C23H26N2O3/c1-26-20-12-11-18(14-21(20)27-2)23-22(17-8-4-3-5-9-17)24-16-25(23)15-19-10-6-7-13-28-19/h3-5,8-9,11-12,14,16,19H,6-7,10,13,15H2,1-2H3. The summed E-state index contributed by atoms with van der Waals surface area (Å²) in [6.45, 7) is 1.64. The van der Waals surface area contributed by atoms with Crippen molar-refractivity contribution in [3.8, 4) is 34.0 Å². The van der Waals surface area contributed by atoms with Crippen LogP contribution in [0.15, 0.2) is 54.9 Å². The predicted molar refractivity (Wildman–Crippen MR) is 110 cm³/mol. The molecule has 2 aromatic carbocycles. The summed E-state index contributed by atoms with van der Waals surface area (Å²) in [5.41, 5.74) is 4.17. The molecule has 0 saturated carbocycles. The molecular weight excluding hydrogens is 352 g/mol. The lowest BCUT2D eigenvalue weighted by Gasteiger charge is -2.24. The molecule has 5 heteroatoms. The Morgan fingerprint density at radius 3 is 2.54 bits per heavy atom. The first-order valence-electron chi connectivity index (χ1n) is 9.74. The van der Waals surface area contributed by atoms with Crippen LogP contribution in [0.2, 0.25) is 0 Å². The molecule has 3 aromatic rings. The normalized spacial score (nSPS) is 16.7. The summed E-state index contributed by atoms with van der Waals surface area (Å²) in [6, 6.07) is 16.3. The highest BCUT2D eigenvalue weighted by molar-refractivity contribution is 5.79. The van der Waals surface area contributed by atoms with Crippen LogP contribution in [0.5, 0.6) is 11.5 Å². The van der Waals surface area contributed by atoms with E-state index in [-0.39, 0.29) is 6.10 Å². The van der Waals surface area contributed by atoms with Crippen molar-refractivity contribution in [2.45, 2.75) is 31.9 Å². The molecule has 1 unspecified atom stereocenters. The SMILES string of the molecule is COc1ccc(-c2c(-c3ccccc3)ncn2CC2CCCCO2)cc1OC. The summed E-state index contributed by atoms with van der Waals surface area (Å²) in [4.78, 5) is 4.76. The van der Waals surface area contributed by atoms with Gasteiger partial charge in [-0.25, -0.2) is 4.98 Å². The van der Waals surface area contributed by atoms with E-state index in [9.17, 15) is 0 Å². The highest BCUT2D eigenvalue weighted by Gasteiger charge is 2.21. The fourth-order valence-electron chi connectivity index (χ4n) is 3.78. The number of rotatable bonds is 6. The first-order valence-corrected chi connectivity index (χ1v) is 9.74. The van der Waals surface area contributed by atoms with E-state index < -0.39 is 0 Å². The van der Waals surface area contributed by atoms with Crippen molar-refractivity contribution < 1.29 is 14.2 Å². The van der Waals surface area contributed by atoms with Crippen molar-refractivity contribution in [3.63, 3.8) is 0 Å². The fourth-order valence-corrected chi connectivity index (χ4v) is 3.78. The van der Waals surface area contributed by atoms with Crippen molar-refractivity contribution in [2.75, 3.05) is 20.8 Å². The van der Waals surface area contributed by atoms with Gasteiger partial charge >= 0.3 is 0 Å². The van der Waals surface area contributed by atoms with Gasteiger partial charge in [-0.3, -0.25) is 0 Å². The Balaban J connectivity index is 1.79. The Kier molecular flexibility index (Phi) is 5.63. The quantitative estimate of drug-likeness (QED) is 0.618. The third-order valence-electron chi connectivity index (χ3n) is 5.22. The van der Waals surface area contributed by atoms with E-state index in [4.69, 9.17) is 19.2 Å². The molecule has 146 valence electrons. The molecule has 0 bridgehead atoms. The molecule has 1 aromatic heterocycles. The second-order valence-corrected chi connectivity index (χ2v) is 7.02. The highest BCUT2D eigenvalue weighted by atomic mass is 16.5. The number of imidazole rings is 1. The van der Waals surface area contributed by atoms with Gasteiger partial charge in [0.1, 0.15) is 0 Å². The highest BCUT2D eigenvalue weighted by Crippen LogP contribution is 2.37. The molecule has 1 fully saturated rings. The van der Waals surface area contributed by atoms with E-state index in [2.05, 4.69) is 22.8 Å². The van der Waals surface area contributed by atoms with Gasteiger partial charge in [-0.1, -0.05) is 30.3 Å². The maximum absolute atomic E-state index is 5.98. The minimum atomic E-state index is 0.227. The Morgan fingerprint density at radius 1 is 1.00 bits per heavy atom. The number of benzene rings is 2. The van der Waals surface area contributed by atoms with Crippen LogP contribution in [0.3, 0.4) is 0 Å². The maximum atomic E-state index is 5.98. The van der Waals surface area contributed by atoms with Crippen molar-refractivity contribution in [1.82, 2.24) is 9.55 Å². The van der Waals surface area contributed by atoms with E-state index in [0.29, 0.717) is 11.5 Å². The fraction of sp³-hybridized carbons (Fsp3) is 0.348. The summed E-state index contributed by atoms with van der Waals surface area (Å²) in [5, 5.41) is 0. The molecule has 0 radical (unpaired) electrons. The first kappa shape index (κ1) is 18.6. The van der Waals surface area contributed by atoms with E-state index in [0.717, 1.165) is 48.5 Å². The van der Waals surface area contributed by atoms with Gasteiger partial charge in [0, 0.05) is 17.7 Å². The number of ether oxygens (including phenoxy) is 3. The number of aromatic nitrogens is 2. The minimum absolute atomic E-state index is 0.227. The number of hydrogen-bond acceptors (Lipinski definition) is 4. The molecule has 1 aliphatic rings. The molecule has 4 rings (SSSR count). The molecule has 1 saturated heterocycles. The zero-order valence-corrected chi connectivity index (χ0v) is 16.4. The van der Waals surface area contributed by atoms with Crippen molar-refractivity contribution in [1.29, 1.82) is 0 Å². The van der Waals surface area contributed by atoms with Crippen LogP contribution in [0.4, 0.5) is 0 Å². The largest absolute Gasteiger partial charge is 0.493 e. The molecule has 5 nitrogen and oxygen atoms in total. The first-order chi connectivity index (χ1) is 13.8. The molecule has 0 aliphatic carbocycles. The second kappa shape index (κ2) is 8.48. The molecule has 1 aliphatic heterocycles. The van der Waals surface area contributed by atoms with Crippen LogP contribution < -0.4 is 9.47 Å². The van der Waals surface area contributed by atoms with Gasteiger partial charge in [-0.05, 0) is 37.5 Å². The van der Waals surface area contributed by atoms with Crippen LogP contribution in [-0.2, 0) is 11.3 Å². The van der Waals surface area contributed by atoms with Crippen LogP contribution in [0.25, 0.3) is 22.5 Å². The predicted octanol–water partition coefficient (Wildman–Crippen LogP) is 4.80. The van der Waals surface area contributed by atoms with Crippen LogP contribution in [0, 0.1) is 0 Å². The van der Waals surface area contributed by atoms with E-state index >= 15 is 0 Å². The molecule has 0 amide bonds. The monoisotopic (exact) mass is 378 g/mol. The third-order valence-corrected chi connectivity index (χ3v) is 5.22.